The molecule has 2 N–H and O–H groups in total. The number of aromatic nitrogens is 4. The normalized spacial score (nSPS) is 11.8. The Bertz CT molecular complexity index is 1370. The number of Topliss-reactive ketones (excluding diaryl/α,β-unsaturated/α-hetero) is 1. The van der Waals surface area contributed by atoms with Gasteiger partial charge in [-0.15, -0.1) is 0 Å². The molecule has 3 aromatic heterocycles. The monoisotopic (exact) mass is 422 g/mol. The predicted molar refractivity (Wildman–Crippen MR) is 115 cm³/mol. The van der Waals surface area contributed by atoms with E-state index >= 15 is 0 Å². The van der Waals surface area contributed by atoms with Gasteiger partial charge in [0.2, 0.25) is 0 Å². The summed E-state index contributed by atoms with van der Waals surface area (Å²) in [6.07, 6.45) is 1.88. The molecule has 154 valence electrons. The van der Waals surface area contributed by atoms with E-state index in [0.717, 1.165) is 33.5 Å². The van der Waals surface area contributed by atoms with Crippen LogP contribution < -0.4 is 0 Å². The Hall–Kier alpha value is -3.26. The van der Waals surface area contributed by atoms with Crippen molar-refractivity contribution in [2.75, 3.05) is 5.75 Å². The van der Waals surface area contributed by atoms with E-state index in [1.54, 1.807) is 31.3 Å². The van der Waals surface area contributed by atoms with Crippen molar-refractivity contribution < 1.29 is 13.2 Å². The summed E-state index contributed by atoms with van der Waals surface area (Å²) in [5.74, 6) is -0.0110. The van der Waals surface area contributed by atoms with Crippen LogP contribution in [0.3, 0.4) is 0 Å². The highest BCUT2D eigenvalue weighted by Crippen LogP contribution is 2.26. The largest absolute Gasteiger partial charge is 0.339 e. The minimum atomic E-state index is -3.28. The molecule has 0 amide bonds. The molecule has 0 aliphatic carbocycles. The molecular formula is C22H22N4O3S. The molecule has 0 atom stereocenters. The molecule has 0 unspecified atom stereocenters. The smallest absolute Gasteiger partial charge is 0.187 e. The molecule has 0 spiro atoms. The molecule has 7 nitrogen and oxygen atoms in total. The number of nitrogens with one attached hydrogen (secondary N) is 2. The van der Waals surface area contributed by atoms with Gasteiger partial charge in [-0.1, -0.05) is 19.1 Å². The van der Waals surface area contributed by atoms with Crippen LogP contribution in [0.5, 0.6) is 0 Å². The molecule has 0 aliphatic heterocycles. The molecule has 0 fully saturated rings. The zero-order valence-electron chi connectivity index (χ0n) is 17.0. The third-order valence-electron chi connectivity index (χ3n) is 5.29. The lowest BCUT2D eigenvalue weighted by Gasteiger charge is -2.03. The number of aryl methyl sites for hydroxylation is 1. The van der Waals surface area contributed by atoms with Gasteiger partial charge in [0.1, 0.15) is 11.3 Å². The predicted octanol–water partition coefficient (Wildman–Crippen LogP) is 3.79. The van der Waals surface area contributed by atoms with Gasteiger partial charge in [-0.05, 0) is 49.2 Å². The van der Waals surface area contributed by atoms with Crippen LogP contribution in [0.15, 0.2) is 47.5 Å². The Morgan fingerprint density at radius 3 is 2.63 bits per heavy atom. The second-order valence-corrected chi connectivity index (χ2v) is 9.60. The highest BCUT2D eigenvalue weighted by molar-refractivity contribution is 7.91. The summed E-state index contributed by atoms with van der Waals surface area (Å²) < 4.78 is 24.4. The average molecular weight is 423 g/mol. The average Bonchev–Trinajstić information content (AvgIpc) is 3.31. The van der Waals surface area contributed by atoms with Crippen LogP contribution in [-0.2, 0) is 16.3 Å². The van der Waals surface area contributed by atoms with Gasteiger partial charge in [0.05, 0.1) is 10.6 Å². The number of nitrogens with zero attached hydrogens (tertiary/aromatic N) is 2. The number of ketones is 1. The summed E-state index contributed by atoms with van der Waals surface area (Å²) >= 11 is 0. The van der Waals surface area contributed by atoms with E-state index in [1.165, 1.54) is 0 Å². The van der Waals surface area contributed by atoms with Crippen LogP contribution >= 0.6 is 0 Å². The number of benzene rings is 1. The quantitative estimate of drug-likeness (QED) is 0.460. The second-order valence-electron chi connectivity index (χ2n) is 7.32. The van der Waals surface area contributed by atoms with Crippen molar-refractivity contribution in [3.63, 3.8) is 0 Å². The van der Waals surface area contributed by atoms with E-state index in [-0.39, 0.29) is 18.0 Å². The van der Waals surface area contributed by atoms with E-state index in [2.05, 4.69) is 20.2 Å². The van der Waals surface area contributed by atoms with Gasteiger partial charge >= 0.3 is 0 Å². The zero-order valence-corrected chi connectivity index (χ0v) is 17.8. The van der Waals surface area contributed by atoms with E-state index in [1.807, 2.05) is 32.0 Å². The number of hydrogen-bond donors (Lipinski definition) is 2. The number of sulfone groups is 1. The van der Waals surface area contributed by atoms with Gasteiger partial charge in [0, 0.05) is 35.0 Å². The van der Waals surface area contributed by atoms with E-state index in [9.17, 15) is 13.2 Å². The number of carbonyl (C=O) groups is 1. The fourth-order valence-electron chi connectivity index (χ4n) is 3.36. The molecule has 4 aromatic rings. The lowest BCUT2D eigenvalue weighted by atomic mass is 10.0. The molecule has 3 heterocycles. The lowest BCUT2D eigenvalue weighted by Crippen LogP contribution is -2.06. The lowest BCUT2D eigenvalue weighted by molar-refractivity contribution is 0.0987. The highest BCUT2D eigenvalue weighted by Gasteiger charge is 2.16. The summed E-state index contributed by atoms with van der Waals surface area (Å²) in [6.45, 7) is 5.39. The first-order valence-electron chi connectivity index (χ1n) is 9.64. The Kier molecular flexibility index (Phi) is 5.03. The molecule has 8 heteroatoms. The maximum atomic E-state index is 12.6. The standard InChI is InChI=1S/C22H22N4O3S/c1-4-30(28,29)18-7-5-6-16(10-18)19-11-17-8-15(12-23-22(17)24-19)9-20(27)21-13(2)14(3)25-26-21/h5-8,10-12H,4,9H2,1-3H3,(H,23,24)(H,25,26). The third kappa shape index (κ3) is 3.66. The molecule has 0 bridgehead atoms. The molecule has 1 aromatic carbocycles. The molecule has 0 saturated carbocycles. The SMILES string of the molecule is CCS(=O)(=O)c1cccc(-c2cc3cc(CC(=O)c4n[nH]c(C)c4C)cnc3[nH]2)c1. The molecular weight excluding hydrogens is 400 g/mol. The molecule has 0 saturated heterocycles. The number of pyridine rings is 1. The second kappa shape index (κ2) is 7.53. The Labute approximate surface area is 174 Å². The number of carbonyl (C=O) groups excluding carboxylic acids is 1. The van der Waals surface area contributed by atoms with Crippen LogP contribution in [0.1, 0.15) is 34.2 Å². The number of aromatic amines is 2. The van der Waals surface area contributed by atoms with E-state index in [0.29, 0.717) is 16.2 Å². The van der Waals surface area contributed by atoms with Crippen molar-refractivity contribution in [3.05, 3.63) is 65.1 Å². The maximum absolute atomic E-state index is 12.6. The summed E-state index contributed by atoms with van der Waals surface area (Å²) in [7, 11) is -3.28. The van der Waals surface area contributed by atoms with Crippen molar-refractivity contribution in [2.45, 2.75) is 32.1 Å². The minimum absolute atomic E-state index is 0.0527. The van der Waals surface area contributed by atoms with Crippen molar-refractivity contribution in [1.82, 2.24) is 20.2 Å². The summed E-state index contributed by atoms with van der Waals surface area (Å²) in [5, 5.41) is 7.80. The molecule has 0 aliphatic rings. The van der Waals surface area contributed by atoms with Crippen LogP contribution in [0, 0.1) is 13.8 Å². The van der Waals surface area contributed by atoms with E-state index < -0.39 is 9.84 Å². The third-order valence-corrected chi connectivity index (χ3v) is 7.03. The molecule has 0 radical (unpaired) electrons. The van der Waals surface area contributed by atoms with Gasteiger partial charge in [0.15, 0.2) is 15.6 Å². The van der Waals surface area contributed by atoms with Crippen molar-refractivity contribution in [2.24, 2.45) is 0 Å². The van der Waals surface area contributed by atoms with Crippen LogP contribution in [0.4, 0.5) is 0 Å². The Morgan fingerprint density at radius 1 is 1.13 bits per heavy atom. The zero-order chi connectivity index (χ0) is 21.5. The molecule has 4 rings (SSSR count). The Balaban J connectivity index is 1.64. The first-order chi connectivity index (χ1) is 14.3. The minimum Gasteiger partial charge on any atom is -0.339 e. The fraction of sp³-hybridized carbons (Fsp3) is 0.227. The highest BCUT2D eigenvalue weighted by atomic mass is 32.2. The van der Waals surface area contributed by atoms with E-state index in [4.69, 9.17) is 0 Å². The number of rotatable bonds is 6. The summed E-state index contributed by atoms with van der Waals surface area (Å²) in [5.41, 5.74) is 5.21. The van der Waals surface area contributed by atoms with Crippen molar-refractivity contribution in [1.29, 1.82) is 0 Å². The number of fused-ring (bicyclic) bond motifs is 1. The number of H-pyrrole nitrogens is 2. The van der Waals surface area contributed by atoms with Gasteiger partial charge in [-0.3, -0.25) is 9.89 Å². The van der Waals surface area contributed by atoms with Crippen LogP contribution in [0.25, 0.3) is 22.3 Å². The summed E-state index contributed by atoms with van der Waals surface area (Å²) in [4.78, 5) is 20.6. The summed E-state index contributed by atoms with van der Waals surface area (Å²) in [6, 6.07) is 10.7. The van der Waals surface area contributed by atoms with Gasteiger partial charge in [-0.25, -0.2) is 13.4 Å². The molecule has 30 heavy (non-hydrogen) atoms. The van der Waals surface area contributed by atoms with Crippen LogP contribution in [-0.4, -0.2) is 40.1 Å². The first-order valence-corrected chi connectivity index (χ1v) is 11.3. The Morgan fingerprint density at radius 2 is 1.93 bits per heavy atom. The van der Waals surface area contributed by atoms with Crippen molar-refractivity contribution >= 4 is 26.7 Å². The fourth-order valence-corrected chi connectivity index (χ4v) is 4.29. The van der Waals surface area contributed by atoms with Crippen LogP contribution in [0.2, 0.25) is 0 Å². The topological polar surface area (TPSA) is 109 Å². The van der Waals surface area contributed by atoms with Gasteiger partial charge < -0.3 is 4.98 Å². The first kappa shape index (κ1) is 20.0. The maximum Gasteiger partial charge on any atom is 0.187 e. The number of hydrogen-bond acceptors (Lipinski definition) is 5. The van der Waals surface area contributed by atoms with Gasteiger partial charge in [0.25, 0.3) is 0 Å². The van der Waals surface area contributed by atoms with Crippen molar-refractivity contribution in [3.8, 4) is 11.3 Å². The van der Waals surface area contributed by atoms with Gasteiger partial charge in [-0.2, -0.15) is 5.10 Å².